The fourth-order valence-corrected chi connectivity index (χ4v) is 5.79. The normalized spacial score (nSPS) is 15.3. The van der Waals surface area contributed by atoms with E-state index in [0.717, 1.165) is 53.9 Å². The molecular weight excluding hydrogens is 526 g/mol. The highest BCUT2D eigenvalue weighted by atomic mass is 16.5. The molecule has 0 saturated heterocycles. The van der Waals surface area contributed by atoms with Crippen LogP contribution in [-0.2, 0) is 46.9 Å². The molecule has 7 nitrogen and oxygen atoms in total. The molecule has 0 fully saturated rings. The van der Waals surface area contributed by atoms with Crippen LogP contribution in [0.25, 0.3) is 0 Å². The first-order valence-corrected chi connectivity index (χ1v) is 14.8. The minimum absolute atomic E-state index is 0.0142. The fraction of sp³-hybridized carbons (Fsp3) is 0.400. The van der Waals surface area contributed by atoms with E-state index >= 15 is 0 Å². The number of hydrogen-bond donors (Lipinski definition) is 0. The molecule has 1 aliphatic carbocycles. The molecule has 0 bridgehead atoms. The number of benzene rings is 3. The molecule has 0 N–H and O–H groups in total. The van der Waals surface area contributed by atoms with Crippen molar-refractivity contribution in [3.05, 3.63) is 113 Å². The van der Waals surface area contributed by atoms with E-state index in [9.17, 15) is 4.79 Å². The van der Waals surface area contributed by atoms with Crippen molar-refractivity contribution in [2.75, 3.05) is 7.11 Å². The molecule has 4 aromatic rings. The minimum atomic E-state index is -0.762. The number of carbonyl (C=O) groups is 1. The molecule has 1 heterocycles. The summed E-state index contributed by atoms with van der Waals surface area (Å²) in [4.78, 5) is 13.6. The maximum absolute atomic E-state index is 13.6. The summed E-state index contributed by atoms with van der Waals surface area (Å²) in [5, 5.41) is 8.57. The van der Waals surface area contributed by atoms with Crippen LogP contribution in [0.2, 0.25) is 0 Å². The van der Waals surface area contributed by atoms with Crippen molar-refractivity contribution in [2.24, 2.45) is 5.41 Å². The van der Waals surface area contributed by atoms with Crippen molar-refractivity contribution in [2.45, 2.75) is 78.2 Å². The van der Waals surface area contributed by atoms with Crippen molar-refractivity contribution in [3.8, 4) is 5.75 Å². The third-order valence-electron chi connectivity index (χ3n) is 8.41. The van der Waals surface area contributed by atoms with Crippen LogP contribution in [-0.4, -0.2) is 28.1 Å². The zero-order valence-corrected chi connectivity index (χ0v) is 25.1. The largest absolute Gasteiger partial charge is 0.497 e. The van der Waals surface area contributed by atoms with Crippen LogP contribution in [0.3, 0.4) is 0 Å². The van der Waals surface area contributed by atoms with Gasteiger partial charge < -0.3 is 14.2 Å². The van der Waals surface area contributed by atoms with Gasteiger partial charge in [-0.05, 0) is 92.3 Å². The molecule has 3 aromatic carbocycles. The van der Waals surface area contributed by atoms with Gasteiger partial charge in [0.1, 0.15) is 12.4 Å². The molecule has 2 atom stereocenters. The van der Waals surface area contributed by atoms with Crippen LogP contribution < -0.4 is 4.74 Å². The molecule has 1 aliphatic rings. The summed E-state index contributed by atoms with van der Waals surface area (Å²) in [5.41, 5.74) is 5.91. The Kier molecular flexibility index (Phi) is 9.38. The Morgan fingerprint density at radius 2 is 1.79 bits per heavy atom. The molecule has 0 amide bonds. The standard InChI is InChI=1S/C35H41N3O4/c1-5-38-22-29(36-37-38)16-19-32(35(2,3)34(39)42-24-25-9-7-6-8-10-25)28-14-13-27-15-20-33(31(27)21-28)41-23-26-11-17-30(40-4)18-12-26/h6-14,17-18,21-22,32-33H,5,15-16,19-20,23-24H2,1-4H3. The summed E-state index contributed by atoms with van der Waals surface area (Å²) >= 11 is 0. The van der Waals surface area contributed by atoms with E-state index in [1.165, 1.54) is 11.1 Å². The number of aromatic nitrogens is 3. The summed E-state index contributed by atoms with van der Waals surface area (Å²) in [6, 6.07) is 24.5. The average molecular weight is 568 g/mol. The first kappa shape index (κ1) is 29.5. The first-order valence-electron chi connectivity index (χ1n) is 14.8. The maximum Gasteiger partial charge on any atom is 0.312 e. The minimum Gasteiger partial charge on any atom is -0.497 e. The lowest BCUT2D eigenvalue weighted by atomic mass is 9.72. The summed E-state index contributed by atoms with van der Waals surface area (Å²) in [6.45, 7) is 7.61. The van der Waals surface area contributed by atoms with E-state index in [1.807, 2.05) is 86.2 Å². The number of rotatable bonds is 13. The summed E-state index contributed by atoms with van der Waals surface area (Å²) in [5.74, 6) is 0.546. The molecule has 0 saturated carbocycles. The van der Waals surface area contributed by atoms with E-state index in [1.54, 1.807) is 7.11 Å². The molecule has 0 radical (unpaired) electrons. The summed E-state index contributed by atoms with van der Waals surface area (Å²) in [7, 11) is 1.67. The first-order chi connectivity index (χ1) is 20.4. The molecule has 5 rings (SSSR count). The Labute approximate surface area is 248 Å². The lowest BCUT2D eigenvalue weighted by molar-refractivity contribution is -0.156. The molecule has 0 spiro atoms. The molecule has 2 unspecified atom stereocenters. The van der Waals surface area contributed by atoms with Gasteiger partial charge in [-0.15, -0.1) is 5.10 Å². The van der Waals surface area contributed by atoms with Gasteiger partial charge in [0.15, 0.2) is 0 Å². The van der Waals surface area contributed by atoms with Gasteiger partial charge in [0.2, 0.25) is 0 Å². The Morgan fingerprint density at radius 1 is 1.02 bits per heavy atom. The third-order valence-corrected chi connectivity index (χ3v) is 8.41. The van der Waals surface area contributed by atoms with Crippen LogP contribution in [0, 0.1) is 5.41 Å². The highest BCUT2D eigenvalue weighted by Gasteiger charge is 2.40. The Morgan fingerprint density at radius 3 is 2.50 bits per heavy atom. The van der Waals surface area contributed by atoms with Gasteiger partial charge in [-0.3, -0.25) is 9.48 Å². The number of carbonyl (C=O) groups excluding carboxylic acids is 1. The predicted octanol–water partition coefficient (Wildman–Crippen LogP) is 7.00. The molecule has 1 aromatic heterocycles. The van der Waals surface area contributed by atoms with Crippen molar-refractivity contribution in [1.82, 2.24) is 15.0 Å². The smallest absolute Gasteiger partial charge is 0.312 e. The van der Waals surface area contributed by atoms with E-state index < -0.39 is 5.41 Å². The molecular formula is C35H41N3O4. The quantitative estimate of drug-likeness (QED) is 0.162. The Balaban J connectivity index is 1.36. The zero-order chi connectivity index (χ0) is 29.5. The van der Waals surface area contributed by atoms with Crippen LogP contribution in [0.15, 0.2) is 79.0 Å². The van der Waals surface area contributed by atoms with Crippen LogP contribution in [0.5, 0.6) is 5.75 Å². The van der Waals surface area contributed by atoms with Crippen molar-refractivity contribution in [3.63, 3.8) is 0 Å². The molecule has 7 heteroatoms. The highest BCUT2D eigenvalue weighted by molar-refractivity contribution is 5.77. The number of fused-ring (bicyclic) bond motifs is 1. The number of esters is 1. The Hall–Kier alpha value is -3.97. The van der Waals surface area contributed by atoms with E-state index in [-0.39, 0.29) is 24.6 Å². The van der Waals surface area contributed by atoms with Crippen LogP contribution >= 0.6 is 0 Å². The van der Waals surface area contributed by atoms with Gasteiger partial charge in [0, 0.05) is 12.7 Å². The van der Waals surface area contributed by atoms with Gasteiger partial charge in [-0.1, -0.05) is 65.9 Å². The second-order valence-electron chi connectivity index (χ2n) is 11.6. The van der Waals surface area contributed by atoms with Crippen molar-refractivity contribution >= 4 is 5.97 Å². The highest BCUT2D eigenvalue weighted by Crippen LogP contribution is 2.43. The van der Waals surface area contributed by atoms with E-state index in [4.69, 9.17) is 14.2 Å². The van der Waals surface area contributed by atoms with E-state index in [0.29, 0.717) is 13.0 Å². The van der Waals surface area contributed by atoms with Crippen molar-refractivity contribution in [1.29, 1.82) is 0 Å². The van der Waals surface area contributed by atoms with Crippen LogP contribution in [0.4, 0.5) is 0 Å². The van der Waals surface area contributed by atoms with Gasteiger partial charge in [-0.2, -0.15) is 0 Å². The summed E-state index contributed by atoms with van der Waals surface area (Å²) in [6.07, 6.45) is 5.39. The third kappa shape index (κ3) is 6.90. The average Bonchev–Trinajstić information content (AvgIpc) is 3.66. The topological polar surface area (TPSA) is 75.5 Å². The van der Waals surface area contributed by atoms with Gasteiger partial charge in [0.05, 0.1) is 30.9 Å². The lowest BCUT2D eigenvalue weighted by Gasteiger charge is -2.33. The zero-order valence-electron chi connectivity index (χ0n) is 25.1. The maximum atomic E-state index is 13.6. The number of methoxy groups -OCH3 is 1. The second kappa shape index (κ2) is 13.3. The monoisotopic (exact) mass is 567 g/mol. The Bertz CT molecular complexity index is 1460. The number of nitrogens with zero attached hydrogens (tertiary/aromatic N) is 3. The molecule has 42 heavy (non-hydrogen) atoms. The number of aryl methyl sites for hydroxylation is 3. The molecule has 0 aliphatic heterocycles. The second-order valence-corrected chi connectivity index (χ2v) is 11.6. The van der Waals surface area contributed by atoms with E-state index in [2.05, 4.69) is 28.5 Å². The number of hydrogen-bond acceptors (Lipinski definition) is 6. The van der Waals surface area contributed by atoms with Crippen LogP contribution in [0.1, 0.15) is 79.1 Å². The number of ether oxygens (including phenoxy) is 3. The van der Waals surface area contributed by atoms with Gasteiger partial charge >= 0.3 is 5.97 Å². The molecule has 220 valence electrons. The fourth-order valence-electron chi connectivity index (χ4n) is 5.79. The van der Waals surface area contributed by atoms with Gasteiger partial charge in [0.25, 0.3) is 0 Å². The SMILES string of the molecule is CCn1cc(CCC(c2ccc3c(c2)C(OCc2ccc(OC)cc2)CC3)C(C)(C)C(=O)OCc2ccccc2)nn1. The van der Waals surface area contributed by atoms with Gasteiger partial charge in [-0.25, -0.2) is 0 Å². The van der Waals surface area contributed by atoms with Crippen molar-refractivity contribution < 1.29 is 19.0 Å². The summed E-state index contributed by atoms with van der Waals surface area (Å²) < 4.78 is 19.4. The lowest BCUT2D eigenvalue weighted by Crippen LogP contribution is -2.34. The predicted molar refractivity (Wildman–Crippen MR) is 162 cm³/mol.